The molecule has 0 aliphatic heterocycles. The molecule has 0 atom stereocenters. The van der Waals surface area contributed by atoms with Crippen molar-refractivity contribution in [2.45, 2.75) is 4.90 Å². The minimum absolute atomic E-state index is 0.0247. The van der Waals surface area contributed by atoms with Crippen LogP contribution in [0.5, 0.6) is 0 Å². The van der Waals surface area contributed by atoms with Gasteiger partial charge in [0.25, 0.3) is 10.0 Å². The number of hydrogen-bond donors (Lipinski definition) is 2. The van der Waals surface area contributed by atoms with Gasteiger partial charge in [-0.05, 0) is 24.3 Å². The lowest BCUT2D eigenvalue weighted by Crippen LogP contribution is -2.34. The van der Waals surface area contributed by atoms with E-state index in [2.05, 4.69) is 0 Å². The van der Waals surface area contributed by atoms with Crippen LogP contribution in [0.1, 0.15) is 0 Å². The van der Waals surface area contributed by atoms with Crippen LogP contribution in [0.4, 0.5) is 11.4 Å². The Hall–Kier alpha value is -1.76. The molecule has 2 aromatic rings. The number of aliphatic hydroxyl groups is 1. The molecule has 2 rings (SSSR count). The molecule has 3 N–H and O–H groups in total. The number of halogens is 1. The third kappa shape index (κ3) is 3.12. The van der Waals surface area contributed by atoms with Crippen molar-refractivity contribution < 1.29 is 13.5 Å². The standard InChI is InChI=1S/C14H15ClN2O3S/c15-11-5-1-4-8-14(11)21(19,20)17(9-10-18)13-7-3-2-6-12(13)16/h1-8,18H,9-10,16H2. The van der Waals surface area contributed by atoms with E-state index in [1.165, 1.54) is 12.1 Å². The summed E-state index contributed by atoms with van der Waals surface area (Å²) in [5, 5.41) is 9.31. The van der Waals surface area contributed by atoms with Crippen molar-refractivity contribution in [1.82, 2.24) is 0 Å². The molecule has 0 aliphatic rings. The molecule has 21 heavy (non-hydrogen) atoms. The van der Waals surface area contributed by atoms with Gasteiger partial charge in [0.1, 0.15) is 4.90 Å². The quantitative estimate of drug-likeness (QED) is 0.824. The van der Waals surface area contributed by atoms with Crippen LogP contribution in [0.3, 0.4) is 0 Å². The Kier molecular flexibility index (Phi) is 4.72. The predicted octanol–water partition coefficient (Wildman–Crippen LogP) is 2.11. The fraction of sp³-hybridized carbons (Fsp3) is 0.143. The van der Waals surface area contributed by atoms with Gasteiger partial charge in [-0.1, -0.05) is 35.9 Å². The lowest BCUT2D eigenvalue weighted by atomic mass is 10.3. The average Bonchev–Trinajstić information content (AvgIpc) is 2.46. The number of rotatable bonds is 5. The van der Waals surface area contributed by atoms with Gasteiger partial charge in [-0.2, -0.15) is 0 Å². The van der Waals surface area contributed by atoms with Crippen molar-refractivity contribution in [2.75, 3.05) is 23.2 Å². The first-order valence-electron chi connectivity index (χ1n) is 6.21. The molecule has 0 unspecified atom stereocenters. The number of nitrogens with zero attached hydrogens (tertiary/aromatic N) is 1. The molecular formula is C14H15ClN2O3S. The highest BCUT2D eigenvalue weighted by Crippen LogP contribution is 2.31. The highest BCUT2D eigenvalue weighted by atomic mass is 35.5. The van der Waals surface area contributed by atoms with Gasteiger partial charge in [-0.3, -0.25) is 4.31 Å². The van der Waals surface area contributed by atoms with Gasteiger partial charge in [0.2, 0.25) is 0 Å². The molecule has 0 spiro atoms. The zero-order valence-corrected chi connectivity index (χ0v) is 12.7. The zero-order chi connectivity index (χ0) is 15.5. The van der Waals surface area contributed by atoms with E-state index in [1.807, 2.05) is 0 Å². The first kappa shape index (κ1) is 15.6. The molecule has 0 saturated heterocycles. The van der Waals surface area contributed by atoms with Crippen LogP contribution >= 0.6 is 11.6 Å². The maximum absolute atomic E-state index is 12.8. The van der Waals surface area contributed by atoms with Crippen molar-refractivity contribution in [1.29, 1.82) is 0 Å². The highest BCUT2D eigenvalue weighted by Gasteiger charge is 2.27. The number of hydrogen-bond acceptors (Lipinski definition) is 4. The third-order valence-electron chi connectivity index (χ3n) is 2.91. The highest BCUT2D eigenvalue weighted by molar-refractivity contribution is 7.93. The summed E-state index contributed by atoms with van der Waals surface area (Å²) in [4.78, 5) is -0.0247. The number of benzene rings is 2. The maximum Gasteiger partial charge on any atom is 0.265 e. The van der Waals surface area contributed by atoms with Gasteiger partial charge in [0.05, 0.1) is 29.5 Å². The lowest BCUT2D eigenvalue weighted by Gasteiger charge is -2.25. The Morgan fingerprint density at radius 1 is 1.10 bits per heavy atom. The van der Waals surface area contributed by atoms with Crippen molar-refractivity contribution in [3.63, 3.8) is 0 Å². The van der Waals surface area contributed by atoms with Gasteiger partial charge in [-0.15, -0.1) is 0 Å². The second-order valence-electron chi connectivity index (χ2n) is 4.29. The molecule has 0 bridgehead atoms. The number of para-hydroxylation sites is 2. The van der Waals surface area contributed by atoms with Gasteiger partial charge in [-0.25, -0.2) is 8.42 Å². The summed E-state index contributed by atoms with van der Waals surface area (Å²) in [7, 11) is -3.91. The van der Waals surface area contributed by atoms with Crippen molar-refractivity contribution in [2.24, 2.45) is 0 Å². The number of sulfonamides is 1. The molecule has 7 heteroatoms. The van der Waals surface area contributed by atoms with E-state index in [0.717, 1.165) is 4.31 Å². The van der Waals surface area contributed by atoms with Gasteiger partial charge in [0, 0.05) is 0 Å². The van der Waals surface area contributed by atoms with Gasteiger partial charge >= 0.3 is 0 Å². The van der Waals surface area contributed by atoms with Crippen LogP contribution in [0.15, 0.2) is 53.4 Å². The molecule has 0 radical (unpaired) electrons. The van der Waals surface area contributed by atoms with E-state index in [1.54, 1.807) is 36.4 Å². The number of nitrogen functional groups attached to an aromatic ring is 1. The topological polar surface area (TPSA) is 83.6 Å². The third-order valence-corrected chi connectivity index (χ3v) is 5.23. The SMILES string of the molecule is Nc1ccccc1N(CCO)S(=O)(=O)c1ccccc1Cl. The number of aliphatic hydroxyl groups excluding tert-OH is 1. The summed E-state index contributed by atoms with van der Waals surface area (Å²) in [6.07, 6.45) is 0. The van der Waals surface area contributed by atoms with Crippen molar-refractivity contribution in [3.05, 3.63) is 53.6 Å². The number of anilines is 2. The van der Waals surface area contributed by atoms with Crippen LogP contribution in [0.25, 0.3) is 0 Å². The van der Waals surface area contributed by atoms with Crippen LogP contribution in [0.2, 0.25) is 5.02 Å². The Bertz CT molecular complexity index is 735. The first-order chi connectivity index (χ1) is 9.98. The normalized spacial score (nSPS) is 11.3. The van der Waals surface area contributed by atoms with E-state index >= 15 is 0 Å². The molecule has 112 valence electrons. The van der Waals surface area contributed by atoms with Gasteiger partial charge in [0.15, 0.2) is 0 Å². The summed E-state index contributed by atoms with van der Waals surface area (Å²) in [5.74, 6) is 0. The van der Waals surface area contributed by atoms with Crippen LogP contribution < -0.4 is 10.0 Å². The fourth-order valence-electron chi connectivity index (χ4n) is 1.95. The summed E-state index contributed by atoms with van der Waals surface area (Å²) >= 11 is 5.98. The summed E-state index contributed by atoms with van der Waals surface area (Å²) in [6.45, 7) is -0.445. The molecule has 2 aromatic carbocycles. The summed E-state index contributed by atoms with van der Waals surface area (Å²) < 4.78 is 26.6. The first-order valence-corrected chi connectivity index (χ1v) is 8.03. The Morgan fingerprint density at radius 2 is 1.71 bits per heavy atom. The minimum atomic E-state index is -3.91. The van der Waals surface area contributed by atoms with Crippen molar-refractivity contribution >= 4 is 33.0 Å². The molecule has 0 aliphatic carbocycles. The monoisotopic (exact) mass is 326 g/mol. The van der Waals surface area contributed by atoms with Crippen LogP contribution in [-0.4, -0.2) is 26.7 Å². The van der Waals surface area contributed by atoms with E-state index in [4.69, 9.17) is 17.3 Å². The second kappa shape index (κ2) is 6.34. The molecule has 0 saturated carbocycles. The molecule has 0 aromatic heterocycles. The molecule has 0 amide bonds. The van der Waals surface area contributed by atoms with E-state index in [9.17, 15) is 13.5 Å². The average molecular weight is 327 g/mol. The van der Waals surface area contributed by atoms with Crippen LogP contribution in [-0.2, 0) is 10.0 Å². The van der Waals surface area contributed by atoms with E-state index in [0.29, 0.717) is 11.4 Å². The Morgan fingerprint density at radius 3 is 2.33 bits per heavy atom. The summed E-state index contributed by atoms with van der Waals surface area (Å²) in [5.41, 5.74) is 6.46. The van der Waals surface area contributed by atoms with Crippen molar-refractivity contribution in [3.8, 4) is 0 Å². The molecule has 5 nitrogen and oxygen atoms in total. The number of nitrogens with two attached hydrogens (primary N) is 1. The smallest absolute Gasteiger partial charge is 0.265 e. The molecule has 0 heterocycles. The Labute approximate surface area is 128 Å². The summed E-state index contributed by atoms with van der Waals surface area (Å²) in [6, 6.07) is 12.7. The van der Waals surface area contributed by atoms with E-state index < -0.39 is 10.0 Å². The largest absolute Gasteiger partial charge is 0.397 e. The fourth-order valence-corrected chi connectivity index (χ4v) is 3.93. The Balaban J connectivity index is 2.58. The lowest BCUT2D eigenvalue weighted by molar-refractivity contribution is 0.306. The second-order valence-corrected chi connectivity index (χ2v) is 6.53. The van der Waals surface area contributed by atoms with E-state index in [-0.39, 0.29) is 23.1 Å². The molecule has 0 fully saturated rings. The maximum atomic E-state index is 12.8. The molecular weight excluding hydrogens is 312 g/mol. The van der Waals surface area contributed by atoms with Gasteiger partial charge < -0.3 is 10.8 Å². The predicted molar refractivity (Wildman–Crippen MR) is 83.9 cm³/mol. The van der Waals surface area contributed by atoms with Crippen LogP contribution in [0, 0.1) is 0 Å². The minimum Gasteiger partial charge on any atom is -0.397 e. The zero-order valence-electron chi connectivity index (χ0n) is 11.1.